The number of ether oxygens (including phenoxy) is 1. The summed E-state index contributed by atoms with van der Waals surface area (Å²) in [7, 11) is 0. The van der Waals surface area contributed by atoms with Crippen molar-refractivity contribution < 1.29 is 9.13 Å². The van der Waals surface area contributed by atoms with Crippen molar-refractivity contribution in [3.05, 3.63) is 33.8 Å². The largest absolute Gasteiger partial charge is 0.424 e. The number of aromatic nitrogens is 3. The lowest BCUT2D eigenvalue weighted by molar-refractivity contribution is 0.435. The molecule has 1 aromatic carbocycles. The number of rotatable bonds is 3. The van der Waals surface area contributed by atoms with Gasteiger partial charge in [0.15, 0.2) is 0 Å². The highest BCUT2D eigenvalue weighted by atomic mass is 79.9. The molecule has 0 saturated carbocycles. The molecule has 1 saturated heterocycles. The standard InChI is InChI=1S/C13H11BrClFN4O/c14-9-4-3-8(7-10(9)16)21-13-18-11(15)17-12(19-13)20-5-1-2-6-20/h3-4,7H,1-2,5-6H2. The van der Waals surface area contributed by atoms with Gasteiger partial charge in [0.05, 0.1) is 4.47 Å². The maximum Gasteiger partial charge on any atom is 0.328 e. The van der Waals surface area contributed by atoms with Crippen molar-refractivity contribution in [2.24, 2.45) is 0 Å². The maximum atomic E-state index is 13.5. The third kappa shape index (κ3) is 3.41. The van der Waals surface area contributed by atoms with Gasteiger partial charge in [-0.3, -0.25) is 0 Å². The van der Waals surface area contributed by atoms with Crippen LogP contribution in [-0.4, -0.2) is 28.0 Å². The molecule has 0 unspecified atom stereocenters. The summed E-state index contributed by atoms with van der Waals surface area (Å²) >= 11 is 8.98. The summed E-state index contributed by atoms with van der Waals surface area (Å²) in [6, 6.07) is 4.46. The SMILES string of the molecule is Fc1cc(Oc2nc(Cl)nc(N3CCCC3)n2)ccc1Br. The van der Waals surface area contributed by atoms with Crippen LogP contribution in [0.2, 0.25) is 5.28 Å². The lowest BCUT2D eigenvalue weighted by Gasteiger charge is -2.15. The monoisotopic (exact) mass is 372 g/mol. The molecule has 0 spiro atoms. The third-order valence-corrected chi connectivity index (χ3v) is 3.88. The number of anilines is 1. The lowest BCUT2D eigenvalue weighted by Crippen LogP contribution is -2.21. The highest BCUT2D eigenvalue weighted by Gasteiger charge is 2.17. The second kappa shape index (κ2) is 6.11. The molecule has 0 radical (unpaired) electrons. The van der Waals surface area contributed by atoms with E-state index in [-0.39, 0.29) is 11.3 Å². The van der Waals surface area contributed by atoms with Gasteiger partial charge in [0.2, 0.25) is 11.2 Å². The second-order valence-electron chi connectivity index (χ2n) is 4.56. The molecule has 1 aliphatic rings. The van der Waals surface area contributed by atoms with Gasteiger partial charge in [0.25, 0.3) is 0 Å². The lowest BCUT2D eigenvalue weighted by atomic mass is 10.3. The predicted molar refractivity (Wildman–Crippen MR) is 80.5 cm³/mol. The summed E-state index contributed by atoms with van der Waals surface area (Å²) < 4.78 is 19.3. The highest BCUT2D eigenvalue weighted by molar-refractivity contribution is 9.10. The van der Waals surface area contributed by atoms with Gasteiger partial charge in [0.1, 0.15) is 11.6 Å². The highest BCUT2D eigenvalue weighted by Crippen LogP contribution is 2.26. The van der Waals surface area contributed by atoms with Gasteiger partial charge in [-0.15, -0.1) is 0 Å². The Bertz CT molecular complexity index is 667. The number of benzene rings is 1. The summed E-state index contributed by atoms with van der Waals surface area (Å²) in [5.74, 6) is 0.359. The Morgan fingerprint density at radius 3 is 2.67 bits per heavy atom. The normalized spacial score (nSPS) is 14.5. The van der Waals surface area contributed by atoms with Crippen molar-refractivity contribution in [2.75, 3.05) is 18.0 Å². The van der Waals surface area contributed by atoms with Crippen LogP contribution < -0.4 is 9.64 Å². The number of hydrogen-bond acceptors (Lipinski definition) is 5. The Balaban J connectivity index is 1.85. The van der Waals surface area contributed by atoms with Gasteiger partial charge in [-0.2, -0.15) is 15.0 Å². The molecule has 5 nitrogen and oxygen atoms in total. The molecule has 0 aliphatic carbocycles. The fraction of sp³-hybridized carbons (Fsp3) is 0.308. The van der Waals surface area contributed by atoms with Crippen LogP contribution in [0.4, 0.5) is 10.3 Å². The van der Waals surface area contributed by atoms with Crippen LogP contribution in [0.5, 0.6) is 11.8 Å². The zero-order valence-electron chi connectivity index (χ0n) is 10.9. The molecule has 3 rings (SSSR count). The minimum absolute atomic E-state index is 0.0543. The van der Waals surface area contributed by atoms with Gasteiger partial charge in [-0.05, 0) is 52.5 Å². The number of halogens is 3. The zero-order chi connectivity index (χ0) is 14.8. The van der Waals surface area contributed by atoms with E-state index in [1.165, 1.54) is 6.07 Å². The summed E-state index contributed by atoms with van der Waals surface area (Å²) in [5.41, 5.74) is 0. The van der Waals surface area contributed by atoms with Gasteiger partial charge in [0, 0.05) is 19.2 Å². The zero-order valence-corrected chi connectivity index (χ0v) is 13.2. The molecular weight excluding hydrogens is 363 g/mol. The molecular formula is C13H11BrClFN4O. The van der Waals surface area contributed by atoms with Crippen molar-refractivity contribution >= 4 is 33.5 Å². The number of hydrogen-bond donors (Lipinski definition) is 0. The van der Waals surface area contributed by atoms with Gasteiger partial charge in [-0.1, -0.05) is 0 Å². The summed E-state index contributed by atoms with van der Waals surface area (Å²) in [4.78, 5) is 14.3. The second-order valence-corrected chi connectivity index (χ2v) is 5.75. The van der Waals surface area contributed by atoms with Crippen LogP contribution in [0.15, 0.2) is 22.7 Å². The smallest absolute Gasteiger partial charge is 0.328 e. The number of nitrogens with zero attached hydrogens (tertiary/aromatic N) is 4. The Morgan fingerprint density at radius 2 is 1.95 bits per heavy atom. The van der Waals surface area contributed by atoms with Crippen LogP contribution in [0.3, 0.4) is 0 Å². The van der Waals surface area contributed by atoms with Crippen molar-refractivity contribution in [1.29, 1.82) is 0 Å². The molecule has 1 aliphatic heterocycles. The molecule has 1 fully saturated rings. The summed E-state index contributed by atoms with van der Waals surface area (Å²) in [6.45, 7) is 1.76. The van der Waals surface area contributed by atoms with E-state index in [0.717, 1.165) is 25.9 Å². The van der Waals surface area contributed by atoms with Crippen LogP contribution in [0.1, 0.15) is 12.8 Å². The van der Waals surface area contributed by atoms with Crippen LogP contribution in [-0.2, 0) is 0 Å². The van der Waals surface area contributed by atoms with E-state index in [9.17, 15) is 4.39 Å². The van der Waals surface area contributed by atoms with Crippen LogP contribution in [0, 0.1) is 5.82 Å². The third-order valence-electron chi connectivity index (χ3n) is 3.06. The Hall–Kier alpha value is -1.47. The molecule has 1 aromatic heterocycles. The average Bonchev–Trinajstić information content (AvgIpc) is 2.96. The Morgan fingerprint density at radius 1 is 1.19 bits per heavy atom. The van der Waals surface area contributed by atoms with E-state index < -0.39 is 5.82 Å². The van der Waals surface area contributed by atoms with Crippen molar-refractivity contribution in [2.45, 2.75) is 12.8 Å². The van der Waals surface area contributed by atoms with E-state index >= 15 is 0 Å². The molecule has 110 valence electrons. The fourth-order valence-electron chi connectivity index (χ4n) is 2.07. The average molecular weight is 374 g/mol. The first-order valence-electron chi connectivity index (χ1n) is 6.41. The van der Waals surface area contributed by atoms with Gasteiger partial charge >= 0.3 is 6.01 Å². The topological polar surface area (TPSA) is 51.1 Å². The molecule has 8 heteroatoms. The minimum Gasteiger partial charge on any atom is -0.424 e. The molecule has 2 aromatic rings. The van der Waals surface area contributed by atoms with E-state index in [2.05, 4.69) is 30.9 Å². The van der Waals surface area contributed by atoms with Crippen LogP contribution in [0.25, 0.3) is 0 Å². The van der Waals surface area contributed by atoms with Crippen molar-refractivity contribution in [3.63, 3.8) is 0 Å². The Kier molecular flexibility index (Phi) is 4.21. The first-order chi connectivity index (χ1) is 10.1. The predicted octanol–water partition coefficient (Wildman–Crippen LogP) is 3.82. The van der Waals surface area contributed by atoms with Crippen molar-refractivity contribution in [1.82, 2.24) is 15.0 Å². The Labute approximate surface area is 134 Å². The van der Waals surface area contributed by atoms with E-state index in [0.29, 0.717) is 16.2 Å². The van der Waals surface area contributed by atoms with Gasteiger partial charge in [-0.25, -0.2) is 4.39 Å². The molecule has 0 N–H and O–H groups in total. The molecule has 2 heterocycles. The van der Waals surface area contributed by atoms with E-state index in [1.807, 2.05) is 4.90 Å². The van der Waals surface area contributed by atoms with Crippen LogP contribution >= 0.6 is 27.5 Å². The first-order valence-corrected chi connectivity index (χ1v) is 7.58. The van der Waals surface area contributed by atoms with Gasteiger partial charge < -0.3 is 9.64 Å². The molecule has 0 bridgehead atoms. The molecule has 21 heavy (non-hydrogen) atoms. The fourth-order valence-corrected chi connectivity index (χ4v) is 2.47. The molecule has 0 amide bonds. The quantitative estimate of drug-likeness (QED) is 0.818. The summed E-state index contributed by atoms with van der Waals surface area (Å²) in [6.07, 6.45) is 2.19. The molecule has 0 atom stereocenters. The maximum absolute atomic E-state index is 13.5. The minimum atomic E-state index is -0.424. The van der Waals surface area contributed by atoms with Crippen molar-refractivity contribution in [3.8, 4) is 11.8 Å². The first kappa shape index (κ1) is 14.5. The van der Waals surface area contributed by atoms with E-state index in [1.54, 1.807) is 12.1 Å². The summed E-state index contributed by atoms with van der Waals surface area (Å²) in [5, 5.41) is 0.0551. The van der Waals surface area contributed by atoms with E-state index in [4.69, 9.17) is 16.3 Å².